The van der Waals surface area contributed by atoms with E-state index in [9.17, 15) is 9.90 Å². The van der Waals surface area contributed by atoms with Crippen LogP contribution in [0.1, 0.15) is 37.3 Å². The molecule has 10 heteroatoms. The molecule has 1 amide bonds. The van der Waals surface area contributed by atoms with Crippen molar-refractivity contribution in [2.24, 2.45) is 0 Å². The number of imidazole rings is 1. The van der Waals surface area contributed by atoms with E-state index >= 15 is 0 Å². The van der Waals surface area contributed by atoms with E-state index in [0.29, 0.717) is 0 Å². The molecular weight excluding hydrogens is 444 g/mol. The minimum Gasteiger partial charge on any atom is -0.387 e. The van der Waals surface area contributed by atoms with Crippen LogP contribution in [0, 0.1) is 0 Å². The Morgan fingerprint density at radius 1 is 1.06 bits per heavy atom. The standard InChI is InChI=1S/C25H24N8O2/c34-13-21(35)32-16-2-3-17(32)10-15(9-16)22-18-5-6-28-24(18)33-25(31-22)19(12-30-33)14-1-4-20(29-11-14)23-26-7-8-27-23/h1,4-8,11-12,15-17,28,34H,2-3,9-10,13H2,(H,26,27)/t15-,16-,17+. The predicted octanol–water partition coefficient (Wildman–Crippen LogP) is 2.89. The fraction of sp³-hybridized carbons (Fsp3) is 0.320. The molecule has 176 valence electrons. The van der Waals surface area contributed by atoms with Crippen molar-refractivity contribution in [3.8, 4) is 22.6 Å². The third-order valence-electron chi connectivity index (χ3n) is 7.54. The fourth-order valence-electron chi connectivity index (χ4n) is 6.03. The Morgan fingerprint density at radius 3 is 2.63 bits per heavy atom. The van der Waals surface area contributed by atoms with Crippen molar-refractivity contribution in [3.05, 3.63) is 54.9 Å². The van der Waals surface area contributed by atoms with Gasteiger partial charge in [0.05, 0.1) is 11.9 Å². The van der Waals surface area contributed by atoms with Crippen molar-refractivity contribution < 1.29 is 9.90 Å². The summed E-state index contributed by atoms with van der Waals surface area (Å²) in [4.78, 5) is 34.7. The lowest BCUT2D eigenvalue weighted by molar-refractivity contribution is -0.138. The second-order valence-electron chi connectivity index (χ2n) is 9.41. The summed E-state index contributed by atoms with van der Waals surface area (Å²) in [5.41, 5.74) is 5.36. The molecule has 0 spiro atoms. The highest BCUT2D eigenvalue weighted by Gasteiger charge is 2.44. The van der Waals surface area contributed by atoms with Crippen LogP contribution in [0.2, 0.25) is 0 Å². The van der Waals surface area contributed by atoms with E-state index < -0.39 is 6.61 Å². The second kappa shape index (κ2) is 7.74. The molecule has 2 aliphatic heterocycles. The van der Waals surface area contributed by atoms with Gasteiger partial charge in [0.2, 0.25) is 5.91 Å². The van der Waals surface area contributed by atoms with Gasteiger partial charge in [-0.05, 0) is 37.8 Å². The molecule has 5 aromatic heterocycles. The lowest BCUT2D eigenvalue weighted by Crippen LogP contribution is -2.47. The van der Waals surface area contributed by atoms with Crippen LogP contribution < -0.4 is 0 Å². The summed E-state index contributed by atoms with van der Waals surface area (Å²) in [6.07, 6.45) is 12.8. The first kappa shape index (κ1) is 20.3. The molecule has 5 aromatic rings. The van der Waals surface area contributed by atoms with Crippen molar-refractivity contribution in [1.29, 1.82) is 0 Å². The molecule has 2 aliphatic rings. The summed E-state index contributed by atoms with van der Waals surface area (Å²) in [5.74, 6) is 0.807. The Hall–Kier alpha value is -4.05. The van der Waals surface area contributed by atoms with Crippen molar-refractivity contribution >= 4 is 22.6 Å². The molecule has 7 rings (SSSR count). The van der Waals surface area contributed by atoms with Crippen molar-refractivity contribution in [2.75, 3.05) is 6.61 Å². The largest absolute Gasteiger partial charge is 0.387 e. The highest BCUT2D eigenvalue weighted by atomic mass is 16.3. The zero-order valence-electron chi connectivity index (χ0n) is 18.9. The number of piperidine rings is 1. The lowest BCUT2D eigenvalue weighted by atomic mass is 9.86. The average Bonchev–Trinajstić information content (AvgIpc) is 3.68. The number of aliphatic hydroxyl groups is 1. The Labute approximate surface area is 200 Å². The molecule has 2 fully saturated rings. The van der Waals surface area contributed by atoms with Crippen LogP contribution in [0.4, 0.5) is 0 Å². The van der Waals surface area contributed by atoms with E-state index in [1.165, 1.54) is 0 Å². The molecule has 0 radical (unpaired) electrons. The van der Waals surface area contributed by atoms with Gasteiger partial charge in [0.1, 0.15) is 17.9 Å². The highest BCUT2D eigenvalue weighted by molar-refractivity contribution is 5.86. The number of amides is 1. The van der Waals surface area contributed by atoms with Crippen LogP contribution in [0.3, 0.4) is 0 Å². The molecule has 0 saturated carbocycles. The van der Waals surface area contributed by atoms with E-state index in [4.69, 9.17) is 4.98 Å². The fourth-order valence-corrected chi connectivity index (χ4v) is 6.03. The number of rotatable bonds is 4. The van der Waals surface area contributed by atoms with Gasteiger partial charge in [-0.15, -0.1) is 0 Å². The Balaban J connectivity index is 1.30. The SMILES string of the molecule is O=C(CO)N1[C@@H]2CC[C@H]1C[C@H](c1nc3c(-c4ccc(-c5ncc[nH]5)nc4)cnn3c3[nH]ccc13)C2. The van der Waals surface area contributed by atoms with Gasteiger partial charge >= 0.3 is 0 Å². The number of nitrogens with one attached hydrogen (secondary N) is 2. The average molecular weight is 469 g/mol. The summed E-state index contributed by atoms with van der Waals surface area (Å²) in [6, 6.07) is 6.34. The molecule has 2 bridgehead atoms. The number of aromatic amines is 2. The van der Waals surface area contributed by atoms with Gasteiger partial charge in [0.25, 0.3) is 0 Å². The third-order valence-corrected chi connectivity index (χ3v) is 7.54. The monoisotopic (exact) mass is 468 g/mol. The van der Waals surface area contributed by atoms with Gasteiger partial charge in [-0.2, -0.15) is 9.61 Å². The summed E-state index contributed by atoms with van der Waals surface area (Å²) in [6.45, 7) is -0.421. The summed E-state index contributed by atoms with van der Waals surface area (Å²) in [5, 5.41) is 15.1. The maximum Gasteiger partial charge on any atom is 0.248 e. The number of carbonyl (C=O) groups excluding carboxylic acids is 1. The first-order chi connectivity index (χ1) is 17.2. The van der Waals surface area contributed by atoms with E-state index in [2.05, 4.69) is 31.1 Å². The number of aromatic nitrogens is 7. The van der Waals surface area contributed by atoms with Crippen LogP contribution >= 0.6 is 0 Å². The number of fused-ring (bicyclic) bond motifs is 5. The maximum absolute atomic E-state index is 12.3. The molecule has 0 aliphatic carbocycles. The van der Waals surface area contributed by atoms with Crippen LogP contribution in [-0.4, -0.2) is 69.1 Å². The van der Waals surface area contributed by atoms with Gasteiger partial charge < -0.3 is 20.0 Å². The van der Waals surface area contributed by atoms with Crippen LogP contribution in [0.25, 0.3) is 39.3 Å². The first-order valence-electron chi connectivity index (χ1n) is 11.9. The zero-order chi connectivity index (χ0) is 23.5. The molecule has 3 atom stereocenters. The Kier molecular flexibility index (Phi) is 4.50. The van der Waals surface area contributed by atoms with Crippen LogP contribution in [0.5, 0.6) is 0 Å². The normalized spacial score (nSPS) is 21.9. The Morgan fingerprint density at radius 2 is 1.91 bits per heavy atom. The van der Waals surface area contributed by atoms with Crippen LogP contribution in [0.15, 0.2) is 49.2 Å². The molecule has 0 unspecified atom stereocenters. The molecule has 0 aromatic carbocycles. The summed E-state index contributed by atoms with van der Waals surface area (Å²) < 4.78 is 1.85. The number of carbonyl (C=O) groups is 1. The molecule has 10 nitrogen and oxygen atoms in total. The molecule has 3 N–H and O–H groups in total. The number of hydrogen-bond acceptors (Lipinski definition) is 6. The van der Waals surface area contributed by atoms with E-state index in [-0.39, 0.29) is 23.9 Å². The van der Waals surface area contributed by atoms with Crippen molar-refractivity contribution in [2.45, 2.75) is 43.7 Å². The van der Waals surface area contributed by atoms with Gasteiger partial charge in [-0.3, -0.25) is 9.78 Å². The maximum atomic E-state index is 12.3. The predicted molar refractivity (Wildman–Crippen MR) is 128 cm³/mol. The lowest BCUT2D eigenvalue weighted by Gasteiger charge is -2.38. The molecule has 7 heterocycles. The van der Waals surface area contributed by atoms with Gasteiger partial charge in [0.15, 0.2) is 11.5 Å². The number of aliphatic hydroxyl groups excluding tert-OH is 1. The quantitative estimate of drug-likeness (QED) is 0.372. The summed E-state index contributed by atoms with van der Waals surface area (Å²) >= 11 is 0. The molecule has 35 heavy (non-hydrogen) atoms. The number of H-pyrrole nitrogens is 2. The minimum absolute atomic E-state index is 0.158. The van der Waals surface area contributed by atoms with E-state index in [1.807, 2.05) is 40.1 Å². The Bertz CT molecular complexity index is 1520. The van der Waals surface area contributed by atoms with Gasteiger partial charge in [0, 0.05) is 59.3 Å². The van der Waals surface area contributed by atoms with Gasteiger partial charge in [-0.1, -0.05) is 6.07 Å². The van der Waals surface area contributed by atoms with Crippen molar-refractivity contribution in [3.63, 3.8) is 0 Å². The van der Waals surface area contributed by atoms with Gasteiger partial charge in [-0.25, -0.2) is 9.97 Å². The summed E-state index contributed by atoms with van der Waals surface area (Å²) in [7, 11) is 0. The van der Waals surface area contributed by atoms with E-state index in [0.717, 1.165) is 70.7 Å². The van der Waals surface area contributed by atoms with Crippen LogP contribution in [-0.2, 0) is 4.79 Å². The van der Waals surface area contributed by atoms with Crippen molar-refractivity contribution in [1.82, 2.24) is 39.4 Å². The number of hydrogen-bond donors (Lipinski definition) is 3. The number of pyridine rings is 1. The topological polar surface area (TPSA) is 128 Å². The van der Waals surface area contributed by atoms with E-state index in [1.54, 1.807) is 12.4 Å². The smallest absolute Gasteiger partial charge is 0.248 e. The third kappa shape index (κ3) is 3.09. The number of nitrogens with zero attached hydrogens (tertiary/aromatic N) is 6. The molecule has 2 saturated heterocycles. The first-order valence-corrected chi connectivity index (χ1v) is 11.9. The molecular formula is C25H24N8O2. The minimum atomic E-state index is -0.421. The highest BCUT2D eigenvalue weighted by Crippen LogP contribution is 2.44. The zero-order valence-corrected chi connectivity index (χ0v) is 18.9. The second-order valence-corrected chi connectivity index (χ2v) is 9.41.